The highest BCUT2D eigenvalue weighted by Crippen LogP contribution is 2.28. The van der Waals surface area contributed by atoms with Crippen LogP contribution in [-0.2, 0) is 0 Å². The number of aromatic nitrogens is 4. The minimum absolute atomic E-state index is 0.0323. The molecule has 0 spiro atoms. The number of pyridine rings is 1. The number of benzene rings is 1. The van der Waals surface area contributed by atoms with E-state index < -0.39 is 0 Å². The van der Waals surface area contributed by atoms with Crippen LogP contribution < -0.4 is 5.32 Å². The van der Waals surface area contributed by atoms with Gasteiger partial charge in [-0.3, -0.25) is 4.98 Å². The van der Waals surface area contributed by atoms with Crippen molar-refractivity contribution < 1.29 is 5.11 Å². The van der Waals surface area contributed by atoms with Gasteiger partial charge in [-0.2, -0.15) is 0 Å². The second kappa shape index (κ2) is 6.70. The summed E-state index contributed by atoms with van der Waals surface area (Å²) < 4.78 is 0. The van der Waals surface area contributed by atoms with Gasteiger partial charge in [0.05, 0.1) is 18.0 Å². The van der Waals surface area contributed by atoms with E-state index in [1.165, 1.54) is 6.33 Å². The van der Waals surface area contributed by atoms with Crippen molar-refractivity contribution in [2.24, 2.45) is 0 Å². The number of aliphatic hydroxyl groups is 1. The van der Waals surface area contributed by atoms with Crippen molar-refractivity contribution in [3.63, 3.8) is 0 Å². The van der Waals surface area contributed by atoms with Crippen LogP contribution in [0, 0.1) is 0 Å². The molecule has 0 unspecified atom stereocenters. The van der Waals surface area contributed by atoms with Crippen LogP contribution >= 0.6 is 0 Å². The summed E-state index contributed by atoms with van der Waals surface area (Å²) in [6.45, 7) is -0.0323. The Labute approximate surface area is 144 Å². The first-order chi connectivity index (χ1) is 12.3. The fourth-order valence-corrected chi connectivity index (χ4v) is 2.82. The summed E-state index contributed by atoms with van der Waals surface area (Å²) in [6, 6.07) is 15.4. The summed E-state index contributed by atoms with van der Waals surface area (Å²) in [6.07, 6.45) is 5.05. The Hall–Kier alpha value is -3.25. The molecule has 6 heteroatoms. The summed E-state index contributed by atoms with van der Waals surface area (Å²) in [4.78, 5) is 16.1. The number of hydrogen-bond donors (Lipinski definition) is 3. The molecular formula is C19H17N5O. The molecule has 0 saturated heterocycles. The monoisotopic (exact) mass is 331 g/mol. The molecule has 0 fully saturated rings. The summed E-state index contributed by atoms with van der Waals surface area (Å²) in [5, 5.41) is 14.0. The minimum atomic E-state index is -0.240. The topological polar surface area (TPSA) is 86.7 Å². The van der Waals surface area contributed by atoms with Crippen LogP contribution in [0.5, 0.6) is 0 Å². The van der Waals surface area contributed by atoms with Crippen LogP contribution in [0.2, 0.25) is 0 Å². The molecular weight excluding hydrogens is 314 g/mol. The largest absolute Gasteiger partial charge is 0.394 e. The molecule has 4 aromatic rings. The van der Waals surface area contributed by atoms with E-state index in [2.05, 4.69) is 25.3 Å². The first-order valence-corrected chi connectivity index (χ1v) is 8.01. The number of fused-ring (bicyclic) bond motifs is 1. The summed E-state index contributed by atoms with van der Waals surface area (Å²) in [7, 11) is 0. The zero-order valence-electron chi connectivity index (χ0n) is 13.4. The van der Waals surface area contributed by atoms with Gasteiger partial charge in [0, 0.05) is 23.7 Å². The predicted molar refractivity (Wildman–Crippen MR) is 97.0 cm³/mol. The van der Waals surface area contributed by atoms with E-state index in [1.807, 2.05) is 48.5 Å². The number of nitrogens with one attached hydrogen (secondary N) is 2. The molecule has 1 aromatic carbocycles. The summed E-state index contributed by atoms with van der Waals surface area (Å²) >= 11 is 0. The predicted octanol–water partition coefficient (Wildman–Crippen LogP) is 3.17. The van der Waals surface area contributed by atoms with Gasteiger partial charge < -0.3 is 15.4 Å². The third-order valence-corrected chi connectivity index (χ3v) is 4.09. The molecule has 0 saturated carbocycles. The van der Waals surface area contributed by atoms with Gasteiger partial charge in [-0.1, -0.05) is 30.3 Å². The zero-order valence-corrected chi connectivity index (χ0v) is 13.4. The summed E-state index contributed by atoms with van der Waals surface area (Å²) in [5.74, 6) is 0.680. The molecule has 25 heavy (non-hydrogen) atoms. The highest BCUT2D eigenvalue weighted by Gasteiger charge is 2.14. The van der Waals surface area contributed by atoms with Crippen LogP contribution in [0.1, 0.15) is 11.6 Å². The maximum absolute atomic E-state index is 9.77. The molecule has 0 aliphatic rings. The Balaban J connectivity index is 1.71. The van der Waals surface area contributed by atoms with Gasteiger partial charge >= 0.3 is 0 Å². The van der Waals surface area contributed by atoms with E-state index in [0.29, 0.717) is 5.82 Å². The first-order valence-electron chi connectivity index (χ1n) is 8.01. The Morgan fingerprint density at radius 2 is 1.96 bits per heavy atom. The quantitative estimate of drug-likeness (QED) is 0.523. The fourth-order valence-electron chi connectivity index (χ4n) is 2.82. The van der Waals surface area contributed by atoms with Gasteiger partial charge in [-0.05, 0) is 23.8 Å². The third-order valence-electron chi connectivity index (χ3n) is 4.09. The number of aromatic amines is 1. The molecule has 6 nitrogen and oxygen atoms in total. The maximum atomic E-state index is 9.77. The second-order valence-corrected chi connectivity index (χ2v) is 5.70. The van der Waals surface area contributed by atoms with Gasteiger partial charge in [0.1, 0.15) is 17.8 Å². The average Bonchev–Trinajstić information content (AvgIpc) is 3.12. The number of H-pyrrole nitrogens is 1. The van der Waals surface area contributed by atoms with Gasteiger partial charge in [0.2, 0.25) is 0 Å². The normalized spacial score (nSPS) is 12.2. The van der Waals surface area contributed by atoms with Crippen molar-refractivity contribution in [3.8, 4) is 11.3 Å². The lowest BCUT2D eigenvalue weighted by Gasteiger charge is -2.17. The highest BCUT2D eigenvalue weighted by atomic mass is 16.3. The van der Waals surface area contributed by atoms with Gasteiger partial charge in [0.15, 0.2) is 0 Å². The number of hydrogen-bond acceptors (Lipinski definition) is 5. The van der Waals surface area contributed by atoms with E-state index >= 15 is 0 Å². The Morgan fingerprint density at radius 1 is 1.08 bits per heavy atom. The highest BCUT2D eigenvalue weighted by molar-refractivity contribution is 5.91. The fraction of sp³-hybridized carbons (Fsp3) is 0.105. The maximum Gasteiger partial charge on any atom is 0.143 e. The van der Waals surface area contributed by atoms with Crippen molar-refractivity contribution in [2.45, 2.75) is 6.04 Å². The molecule has 0 radical (unpaired) electrons. The van der Waals surface area contributed by atoms with Gasteiger partial charge in [0.25, 0.3) is 0 Å². The van der Waals surface area contributed by atoms with E-state index in [9.17, 15) is 5.11 Å². The molecule has 0 aliphatic carbocycles. The second-order valence-electron chi connectivity index (χ2n) is 5.70. The standard InChI is InChI=1S/C19H17N5O/c25-11-17(13-5-2-1-3-6-13)24-19-15-9-16(14-7-4-8-20-10-14)23-18(15)21-12-22-19/h1-10,12,17,25H,11H2,(H2,21,22,23,24)/t17-/m1/s1. The Kier molecular flexibility index (Phi) is 4.10. The van der Waals surface area contributed by atoms with Crippen LogP contribution in [0.25, 0.3) is 22.3 Å². The SMILES string of the molecule is OC[C@@H](Nc1ncnc2[nH]c(-c3cccnc3)cc12)c1ccccc1. The van der Waals surface area contributed by atoms with E-state index in [1.54, 1.807) is 12.4 Å². The molecule has 124 valence electrons. The van der Waals surface area contributed by atoms with Crippen molar-refractivity contribution in [3.05, 3.63) is 72.8 Å². The molecule has 0 amide bonds. The summed E-state index contributed by atoms with van der Waals surface area (Å²) in [5.41, 5.74) is 3.64. The smallest absolute Gasteiger partial charge is 0.143 e. The average molecular weight is 331 g/mol. The molecule has 3 N–H and O–H groups in total. The number of aliphatic hydroxyl groups excluding tert-OH is 1. The number of anilines is 1. The Morgan fingerprint density at radius 3 is 2.72 bits per heavy atom. The molecule has 0 aliphatic heterocycles. The molecule has 4 rings (SSSR count). The van der Waals surface area contributed by atoms with Crippen molar-refractivity contribution in [1.29, 1.82) is 0 Å². The molecule has 3 heterocycles. The van der Waals surface area contributed by atoms with Gasteiger partial charge in [-0.15, -0.1) is 0 Å². The van der Waals surface area contributed by atoms with E-state index in [4.69, 9.17) is 0 Å². The zero-order chi connectivity index (χ0) is 17.1. The lowest BCUT2D eigenvalue weighted by Crippen LogP contribution is -2.15. The van der Waals surface area contributed by atoms with Crippen molar-refractivity contribution >= 4 is 16.9 Å². The molecule has 0 bridgehead atoms. The molecule has 1 atom stereocenters. The first kappa shape index (κ1) is 15.3. The van der Waals surface area contributed by atoms with Crippen LogP contribution in [0.15, 0.2) is 67.3 Å². The number of rotatable bonds is 5. The lowest BCUT2D eigenvalue weighted by atomic mass is 10.1. The lowest BCUT2D eigenvalue weighted by molar-refractivity contribution is 0.276. The van der Waals surface area contributed by atoms with Gasteiger partial charge in [-0.25, -0.2) is 9.97 Å². The van der Waals surface area contributed by atoms with Crippen molar-refractivity contribution in [1.82, 2.24) is 19.9 Å². The van der Waals surface area contributed by atoms with Crippen LogP contribution in [-0.4, -0.2) is 31.6 Å². The van der Waals surface area contributed by atoms with Crippen LogP contribution in [0.3, 0.4) is 0 Å². The van der Waals surface area contributed by atoms with Crippen LogP contribution in [0.4, 0.5) is 5.82 Å². The number of nitrogens with zero attached hydrogens (tertiary/aromatic N) is 3. The van der Waals surface area contributed by atoms with Crippen molar-refractivity contribution in [2.75, 3.05) is 11.9 Å². The Bertz CT molecular complexity index is 969. The third kappa shape index (κ3) is 3.07. The minimum Gasteiger partial charge on any atom is -0.394 e. The molecule has 3 aromatic heterocycles. The van der Waals surface area contributed by atoms with E-state index in [0.717, 1.165) is 27.9 Å². The van der Waals surface area contributed by atoms with E-state index in [-0.39, 0.29) is 12.6 Å².